The van der Waals surface area contributed by atoms with Crippen LogP contribution < -0.4 is 4.74 Å². The Hall–Kier alpha value is -1.78. The van der Waals surface area contributed by atoms with Crippen LogP contribution in [0.15, 0.2) is 36.5 Å². The van der Waals surface area contributed by atoms with Gasteiger partial charge in [-0.15, -0.1) is 0 Å². The third kappa shape index (κ3) is 3.86. The maximum absolute atomic E-state index is 12.3. The zero-order valence-electron chi connectivity index (χ0n) is 11.6. The van der Waals surface area contributed by atoms with Crippen LogP contribution in [0.3, 0.4) is 0 Å². The highest BCUT2D eigenvalue weighted by Gasteiger charge is 2.14. The van der Waals surface area contributed by atoms with Crippen LogP contribution in [-0.4, -0.2) is 29.9 Å². The highest BCUT2D eigenvalue weighted by Crippen LogP contribution is 2.21. The maximum atomic E-state index is 12.3. The van der Waals surface area contributed by atoms with E-state index in [1.54, 1.807) is 19.1 Å². The molecule has 0 spiro atoms. The van der Waals surface area contributed by atoms with Gasteiger partial charge in [0, 0.05) is 19.8 Å². The minimum Gasteiger partial charge on any atom is -0.497 e. The number of nitrogens with zero attached hydrogens (tertiary/aromatic N) is 2. The second-order valence-electron chi connectivity index (χ2n) is 4.51. The first-order valence-electron chi connectivity index (χ1n) is 6.20. The van der Waals surface area contributed by atoms with E-state index in [4.69, 9.17) is 27.9 Å². The van der Waals surface area contributed by atoms with Crippen molar-refractivity contribution in [3.63, 3.8) is 0 Å². The van der Waals surface area contributed by atoms with Gasteiger partial charge in [0.1, 0.15) is 10.9 Å². The molecule has 0 radical (unpaired) electrons. The van der Waals surface area contributed by atoms with Crippen molar-refractivity contribution in [2.75, 3.05) is 14.2 Å². The molecule has 0 N–H and O–H groups in total. The summed E-state index contributed by atoms with van der Waals surface area (Å²) in [5.41, 5.74) is 1.40. The molecule has 0 atom stereocenters. The summed E-state index contributed by atoms with van der Waals surface area (Å²) >= 11 is 11.6. The number of rotatable bonds is 4. The maximum Gasteiger partial charge on any atom is 0.255 e. The molecule has 0 saturated heterocycles. The summed E-state index contributed by atoms with van der Waals surface area (Å²) in [6.07, 6.45) is 1.42. The second-order valence-corrected chi connectivity index (χ2v) is 5.27. The standard InChI is InChI=1S/C15H14Cl2N2O2/c1-19(9-10-3-5-12(21-2)6-4-10)15(20)11-7-13(16)14(17)18-8-11/h3-8H,9H2,1-2H3. The molecule has 0 unspecified atom stereocenters. The molecule has 110 valence electrons. The Balaban J connectivity index is 2.09. The quantitative estimate of drug-likeness (QED) is 0.806. The average molecular weight is 325 g/mol. The minimum absolute atomic E-state index is 0.170. The van der Waals surface area contributed by atoms with Gasteiger partial charge in [-0.1, -0.05) is 35.3 Å². The second kappa shape index (κ2) is 6.78. The van der Waals surface area contributed by atoms with Crippen molar-refractivity contribution in [2.45, 2.75) is 6.54 Å². The van der Waals surface area contributed by atoms with E-state index in [1.807, 2.05) is 24.3 Å². The van der Waals surface area contributed by atoms with Crippen molar-refractivity contribution in [1.82, 2.24) is 9.88 Å². The number of benzene rings is 1. The molecule has 1 heterocycles. The average Bonchev–Trinajstić information content (AvgIpc) is 2.50. The van der Waals surface area contributed by atoms with Gasteiger partial charge in [0.05, 0.1) is 17.7 Å². The highest BCUT2D eigenvalue weighted by atomic mass is 35.5. The monoisotopic (exact) mass is 324 g/mol. The van der Waals surface area contributed by atoms with Gasteiger partial charge < -0.3 is 9.64 Å². The smallest absolute Gasteiger partial charge is 0.255 e. The van der Waals surface area contributed by atoms with Gasteiger partial charge in [-0.3, -0.25) is 4.79 Å². The Kier molecular flexibility index (Phi) is 5.04. The third-order valence-electron chi connectivity index (χ3n) is 2.97. The van der Waals surface area contributed by atoms with E-state index in [0.29, 0.717) is 12.1 Å². The van der Waals surface area contributed by atoms with Gasteiger partial charge in [0.25, 0.3) is 5.91 Å². The summed E-state index contributed by atoms with van der Waals surface area (Å²) in [6.45, 7) is 0.475. The van der Waals surface area contributed by atoms with Crippen molar-refractivity contribution in [2.24, 2.45) is 0 Å². The Bertz CT molecular complexity index is 645. The number of aromatic nitrogens is 1. The van der Waals surface area contributed by atoms with E-state index in [1.165, 1.54) is 12.3 Å². The van der Waals surface area contributed by atoms with Gasteiger partial charge in [0.15, 0.2) is 0 Å². The van der Waals surface area contributed by atoms with Crippen molar-refractivity contribution >= 4 is 29.1 Å². The van der Waals surface area contributed by atoms with Crippen LogP contribution in [0, 0.1) is 0 Å². The number of carbonyl (C=O) groups excluding carboxylic acids is 1. The number of hydrogen-bond donors (Lipinski definition) is 0. The number of pyridine rings is 1. The molecule has 0 aliphatic carbocycles. The first-order valence-corrected chi connectivity index (χ1v) is 6.96. The number of amides is 1. The predicted molar refractivity (Wildman–Crippen MR) is 83.0 cm³/mol. The Morgan fingerprint density at radius 2 is 1.95 bits per heavy atom. The number of carbonyl (C=O) groups is 1. The zero-order chi connectivity index (χ0) is 15.4. The van der Waals surface area contributed by atoms with Crippen LogP contribution in [0.5, 0.6) is 5.75 Å². The Morgan fingerprint density at radius 1 is 1.29 bits per heavy atom. The number of hydrogen-bond acceptors (Lipinski definition) is 3. The fourth-order valence-corrected chi connectivity index (χ4v) is 2.10. The molecule has 1 aromatic heterocycles. The van der Waals surface area contributed by atoms with Crippen molar-refractivity contribution in [3.8, 4) is 5.75 Å². The molecular weight excluding hydrogens is 311 g/mol. The van der Waals surface area contributed by atoms with E-state index in [-0.39, 0.29) is 16.1 Å². The fraction of sp³-hybridized carbons (Fsp3) is 0.200. The van der Waals surface area contributed by atoms with Gasteiger partial charge in [0.2, 0.25) is 0 Å². The number of methoxy groups -OCH3 is 1. The topological polar surface area (TPSA) is 42.4 Å². The largest absolute Gasteiger partial charge is 0.497 e. The van der Waals surface area contributed by atoms with E-state index >= 15 is 0 Å². The van der Waals surface area contributed by atoms with E-state index in [0.717, 1.165) is 11.3 Å². The van der Waals surface area contributed by atoms with Crippen LogP contribution in [0.2, 0.25) is 10.2 Å². The lowest BCUT2D eigenvalue weighted by Crippen LogP contribution is -2.26. The lowest BCUT2D eigenvalue weighted by molar-refractivity contribution is 0.0784. The van der Waals surface area contributed by atoms with Gasteiger partial charge in [-0.2, -0.15) is 0 Å². The fourth-order valence-electron chi connectivity index (χ4n) is 1.84. The van der Waals surface area contributed by atoms with Crippen molar-refractivity contribution in [3.05, 3.63) is 57.8 Å². The number of ether oxygens (including phenoxy) is 1. The molecular formula is C15H14Cl2N2O2. The third-order valence-corrected chi connectivity index (χ3v) is 3.65. The molecule has 0 bridgehead atoms. The van der Waals surface area contributed by atoms with Crippen LogP contribution >= 0.6 is 23.2 Å². The van der Waals surface area contributed by atoms with E-state index in [9.17, 15) is 4.79 Å². The minimum atomic E-state index is -0.170. The molecule has 2 aromatic rings. The lowest BCUT2D eigenvalue weighted by atomic mass is 10.2. The SMILES string of the molecule is COc1ccc(CN(C)C(=O)c2cnc(Cl)c(Cl)c2)cc1. The normalized spacial score (nSPS) is 10.3. The summed E-state index contributed by atoms with van der Waals surface area (Å²) in [5.74, 6) is 0.610. The molecule has 0 aliphatic rings. The van der Waals surface area contributed by atoms with Gasteiger partial charge >= 0.3 is 0 Å². The summed E-state index contributed by atoms with van der Waals surface area (Å²) < 4.78 is 5.10. The van der Waals surface area contributed by atoms with E-state index < -0.39 is 0 Å². The van der Waals surface area contributed by atoms with Crippen LogP contribution in [0.4, 0.5) is 0 Å². The predicted octanol–water partition coefficient (Wildman–Crippen LogP) is 3.67. The summed E-state index contributed by atoms with van der Waals surface area (Å²) in [6, 6.07) is 9.05. The van der Waals surface area contributed by atoms with Gasteiger partial charge in [-0.25, -0.2) is 4.98 Å². The summed E-state index contributed by atoms with van der Waals surface area (Å²) in [4.78, 5) is 17.8. The zero-order valence-corrected chi connectivity index (χ0v) is 13.1. The summed E-state index contributed by atoms with van der Waals surface area (Å²) in [7, 11) is 3.33. The Morgan fingerprint density at radius 3 is 2.52 bits per heavy atom. The van der Waals surface area contributed by atoms with Crippen LogP contribution in [0.1, 0.15) is 15.9 Å². The molecule has 21 heavy (non-hydrogen) atoms. The Labute approximate surface area is 133 Å². The molecule has 4 nitrogen and oxygen atoms in total. The van der Waals surface area contributed by atoms with Crippen LogP contribution in [-0.2, 0) is 6.54 Å². The lowest BCUT2D eigenvalue weighted by Gasteiger charge is -2.17. The molecule has 1 amide bonds. The highest BCUT2D eigenvalue weighted by molar-refractivity contribution is 6.41. The van der Waals surface area contributed by atoms with Gasteiger partial charge in [-0.05, 0) is 23.8 Å². The van der Waals surface area contributed by atoms with Crippen molar-refractivity contribution < 1.29 is 9.53 Å². The summed E-state index contributed by atoms with van der Waals surface area (Å²) in [5, 5.41) is 0.450. The first kappa shape index (κ1) is 15.6. The molecule has 2 rings (SSSR count). The molecule has 1 aromatic carbocycles. The van der Waals surface area contributed by atoms with Crippen LogP contribution in [0.25, 0.3) is 0 Å². The molecule has 0 fully saturated rings. The molecule has 6 heteroatoms. The number of halogens is 2. The molecule has 0 aliphatic heterocycles. The first-order chi connectivity index (χ1) is 10.0. The molecule has 0 saturated carbocycles. The van der Waals surface area contributed by atoms with Crippen molar-refractivity contribution in [1.29, 1.82) is 0 Å². The van der Waals surface area contributed by atoms with E-state index in [2.05, 4.69) is 4.98 Å².